The first-order valence-electron chi connectivity index (χ1n) is 7.34. The van der Waals surface area contributed by atoms with Gasteiger partial charge in [-0.15, -0.1) is 0 Å². The molecule has 120 valence electrons. The molecular weight excluding hydrogens is 290 g/mol. The van der Waals surface area contributed by atoms with Gasteiger partial charge in [-0.25, -0.2) is 5.43 Å². The van der Waals surface area contributed by atoms with Gasteiger partial charge in [0.05, 0.1) is 13.3 Å². The fraction of sp³-hybridized carbons (Fsp3) is 0.278. The highest BCUT2D eigenvalue weighted by Crippen LogP contribution is 2.31. The van der Waals surface area contributed by atoms with E-state index in [1.807, 2.05) is 18.2 Å². The second-order valence-corrected chi connectivity index (χ2v) is 6.14. The number of benzene rings is 1. The SMILES string of the molecule is COc1ccc(/C=N/NC(=O)c2ccncc2)cc1C(C)(C)C. The first kappa shape index (κ1) is 16.7. The lowest BCUT2D eigenvalue weighted by molar-refractivity contribution is 0.0955. The van der Waals surface area contributed by atoms with Crippen LogP contribution in [0.15, 0.2) is 47.8 Å². The van der Waals surface area contributed by atoms with Crippen LogP contribution in [0, 0.1) is 0 Å². The number of nitrogens with zero attached hydrogens (tertiary/aromatic N) is 2. The van der Waals surface area contributed by atoms with E-state index in [1.54, 1.807) is 37.9 Å². The van der Waals surface area contributed by atoms with Gasteiger partial charge in [0.25, 0.3) is 5.91 Å². The van der Waals surface area contributed by atoms with Crippen molar-refractivity contribution in [1.82, 2.24) is 10.4 Å². The Morgan fingerprint density at radius 3 is 2.52 bits per heavy atom. The number of aromatic nitrogens is 1. The number of methoxy groups -OCH3 is 1. The Labute approximate surface area is 136 Å². The van der Waals surface area contributed by atoms with Crippen molar-refractivity contribution in [3.8, 4) is 5.75 Å². The van der Waals surface area contributed by atoms with Crippen molar-refractivity contribution in [2.75, 3.05) is 7.11 Å². The summed E-state index contributed by atoms with van der Waals surface area (Å²) in [5.74, 6) is 0.573. The zero-order chi connectivity index (χ0) is 16.9. The second-order valence-electron chi connectivity index (χ2n) is 6.14. The van der Waals surface area contributed by atoms with E-state index < -0.39 is 0 Å². The van der Waals surface area contributed by atoms with E-state index in [9.17, 15) is 4.79 Å². The molecule has 1 aromatic carbocycles. The van der Waals surface area contributed by atoms with Gasteiger partial charge in [-0.3, -0.25) is 9.78 Å². The van der Waals surface area contributed by atoms with Crippen LogP contribution in [0.5, 0.6) is 5.75 Å². The van der Waals surface area contributed by atoms with Crippen molar-refractivity contribution >= 4 is 12.1 Å². The molecule has 0 fully saturated rings. The third-order valence-electron chi connectivity index (χ3n) is 3.35. The van der Waals surface area contributed by atoms with Crippen molar-refractivity contribution in [1.29, 1.82) is 0 Å². The summed E-state index contributed by atoms with van der Waals surface area (Å²) in [6, 6.07) is 9.09. The van der Waals surface area contributed by atoms with Crippen LogP contribution in [0.4, 0.5) is 0 Å². The molecule has 0 aliphatic heterocycles. The van der Waals surface area contributed by atoms with Crippen LogP contribution in [0.3, 0.4) is 0 Å². The van der Waals surface area contributed by atoms with Crippen molar-refractivity contribution in [2.24, 2.45) is 5.10 Å². The Morgan fingerprint density at radius 2 is 1.91 bits per heavy atom. The summed E-state index contributed by atoms with van der Waals surface area (Å²) >= 11 is 0. The third-order valence-corrected chi connectivity index (χ3v) is 3.35. The van der Waals surface area contributed by atoms with E-state index in [4.69, 9.17) is 4.74 Å². The maximum Gasteiger partial charge on any atom is 0.271 e. The summed E-state index contributed by atoms with van der Waals surface area (Å²) in [5.41, 5.74) is 4.96. The highest BCUT2D eigenvalue weighted by atomic mass is 16.5. The summed E-state index contributed by atoms with van der Waals surface area (Å²) in [4.78, 5) is 15.8. The van der Waals surface area contributed by atoms with Crippen LogP contribution in [0.1, 0.15) is 42.3 Å². The quantitative estimate of drug-likeness (QED) is 0.697. The number of hydrogen-bond acceptors (Lipinski definition) is 4. The van der Waals surface area contributed by atoms with E-state index in [0.29, 0.717) is 5.56 Å². The number of carbonyl (C=O) groups is 1. The lowest BCUT2D eigenvalue weighted by Gasteiger charge is -2.22. The number of carbonyl (C=O) groups excluding carboxylic acids is 1. The largest absolute Gasteiger partial charge is 0.496 e. The number of hydrogen-bond donors (Lipinski definition) is 1. The number of pyridine rings is 1. The van der Waals surface area contributed by atoms with Crippen molar-refractivity contribution in [3.05, 3.63) is 59.4 Å². The van der Waals surface area contributed by atoms with Gasteiger partial charge in [0.15, 0.2) is 0 Å². The maximum absolute atomic E-state index is 11.9. The molecule has 0 aliphatic rings. The number of ether oxygens (including phenoxy) is 1. The van der Waals surface area contributed by atoms with Gasteiger partial charge >= 0.3 is 0 Å². The summed E-state index contributed by atoms with van der Waals surface area (Å²) in [6.45, 7) is 6.37. The molecule has 5 nitrogen and oxygen atoms in total. The van der Waals surface area contributed by atoms with E-state index in [0.717, 1.165) is 16.9 Å². The predicted molar refractivity (Wildman–Crippen MR) is 91.0 cm³/mol. The summed E-state index contributed by atoms with van der Waals surface area (Å²) in [7, 11) is 1.66. The smallest absolute Gasteiger partial charge is 0.271 e. The van der Waals surface area contributed by atoms with Gasteiger partial charge in [0.2, 0.25) is 0 Å². The van der Waals surface area contributed by atoms with Gasteiger partial charge in [0, 0.05) is 23.5 Å². The molecular formula is C18H21N3O2. The number of nitrogens with one attached hydrogen (secondary N) is 1. The zero-order valence-electron chi connectivity index (χ0n) is 13.8. The highest BCUT2D eigenvalue weighted by Gasteiger charge is 2.18. The molecule has 1 aromatic heterocycles. The Morgan fingerprint density at radius 1 is 1.22 bits per heavy atom. The molecule has 1 N–H and O–H groups in total. The molecule has 1 amide bonds. The Kier molecular flexibility index (Phi) is 5.11. The van der Waals surface area contributed by atoms with E-state index in [1.165, 1.54) is 0 Å². The first-order chi connectivity index (χ1) is 10.9. The van der Waals surface area contributed by atoms with Crippen LogP contribution < -0.4 is 10.2 Å². The summed E-state index contributed by atoms with van der Waals surface area (Å²) < 4.78 is 5.41. The van der Waals surface area contributed by atoms with Crippen molar-refractivity contribution in [2.45, 2.75) is 26.2 Å². The van der Waals surface area contributed by atoms with Crippen LogP contribution >= 0.6 is 0 Å². The highest BCUT2D eigenvalue weighted by molar-refractivity contribution is 5.94. The molecule has 2 rings (SSSR count). The molecule has 0 spiro atoms. The average molecular weight is 311 g/mol. The molecule has 0 aliphatic carbocycles. The monoisotopic (exact) mass is 311 g/mol. The van der Waals surface area contributed by atoms with Crippen LogP contribution in [0.2, 0.25) is 0 Å². The van der Waals surface area contributed by atoms with Gasteiger partial charge in [-0.1, -0.05) is 20.8 Å². The first-order valence-corrected chi connectivity index (χ1v) is 7.34. The maximum atomic E-state index is 11.9. The van der Waals surface area contributed by atoms with Crippen molar-refractivity contribution < 1.29 is 9.53 Å². The molecule has 23 heavy (non-hydrogen) atoms. The molecule has 0 saturated heterocycles. The summed E-state index contributed by atoms with van der Waals surface area (Å²) in [6.07, 6.45) is 4.75. The third kappa shape index (κ3) is 4.39. The lowest BCUT2D eigenvalue weighted by atomic mass is 9.85. The average Bonchev–Trinajstić information content (AvgIpc) is 2.54. The van der Waals surface area contributed by atoms with Crippen molar-refractivity contribution in [3.63, 3.8) is 0 Å². The molecule has 5 heteroatoms. The van der Waals surface area contributed by atoms with E-state index >= 15 is 0 Å². The normalized spacial score (nSPS) is 11.5. The topological polar surface area (TPSA) is 63.6 Å². The van der Waals surface area contributed by atoms with Gasteiger partial charge in [-0.05, 0) is 41.3 Å². The molecule has 2 aromatic rings. The molecule has 0 atom stereocenters. The van der Waals surface area contributed by atoms with E-state index in [2.05, 4.69) is 36.3 Å². The Hall–Kier alpha value is -2.69. The van der Waals surface area contributed by atoms with Gasteiger partial charge in [-0.2, -0.15) is 5.10 Å². The molecule has 0 unspecified atom stereocenters. The fourth-order valence-electron chi connectivity index (χ4n) is 2.13. The second kappa shape index (κ2) is 7.05. The van der Waals surface area contributed by atoms with Crippen LogP contribution in [0.25, 0.3) is 0 Å². The number of amides is 1. The minimum atomic E-state index is -0.270. The van der Waals surface area contributed by atoms with Crippen LogP contribution in [-0.2, 0) is 5.41 Å². The van der Waals surface area contributed by atoms with Crippen LogP contribution in [-0.4, -0.2) is 24.2 Å². The fourth-order valence-corrected chi connectivity index (χ4v) is 2.13. The zero-order valence-corrected chi connectivity index (χ0v) is 13.8. The summed E-state index contributed by atoms with van der Waals surface area (Å²) in [5, 5.41) is 4.01. The minimum absolute atomic E-state index is 0.0462. The molecule has 1 heterocycles. The Bertz CT molecular complexity index is 704. The minimum Gasteiger partial charge on any atom is -0.496 e. The van der Waals surface area contributed by atoms with E-state index in [-0.39, 0.29) is 11.3 Å². The lowest BCUT2D eigenvalue weighted by Crippen LogP contribution is -2.17. The molecule has 0 radical (unpaired) electrons. The van der Waals surface area contributed by atoms with Gasteiger partial charge < -0.3 is 4.74 Å². The van der Waals surface area contributed by atoms with Gasteiger partial charge in [0.1, 0.15) is 5.75 Å². The standard InChI is InChI=1S/C18H21N3O2/c1-18(2,3)15-11-13(5-6-16(15)23-4)12-20-21-17(22)14-7-9-19-10-8-14/h5-12H,1-4H3,(H,21,22)/b20-12+. The number of hydrazone groups is 1. The predicted octanol–water partition coefficient (Wildman–Crippen LogP) is 3.15. The molecule has 0 bridgehead atoms. The molecule has 0 saturated carbocycles. The Balaban J connectivity index is 2.13. The number of rotatable bonds is 4.